The number of Topliss-reactive ketones (excluding diaryl/α,β-unsaturated/α-hetero) is 2. The van der Waals surface area contributed by atoms with Crippen molar-refractivity contribution in [2.75, 3.05) is 7.11 Å². The van der Waals surface area contributed by atoms with Crippen LogP contribution in [0.5, 0.6) is 11.5 Å². The molecule has 158 valence electrons. The van der Waals surface area contributed by atoms with Crippen LogP contribution in [0.4, 0.5) is 0 Å². The molecule has 2 aromatic rings. The predicted octanol–water partition coefficient (Wildman–Crippen LogP) is 4.38. The van der Waals surface area contributed by atoms with E-state index in [9.17, 15) is 14.4 Å². The Morgan fingerprint density at radius 3 is 2.32 bits per heavy atom. The minimum atomic E-state index is -0.585. The third-order valence-corrected chi connectivity index (χ3v) is 6.23. The topological polar surface area (TPSA) is 78.9 Å². The molecular weight excluding hydrogens is 396 g/mol. The Labute approximate surface area is 179 Å². The fourth-order valence-corrected chi connectivity index (χ4v) is 4.69. The second-order valence-corrected chi connectivity index (χ2v) is 8.11. The van der Waals surface area contributed by atoms with Crippen LogP contribution in [0.3, 0.4) is 0 Å². The maximum Gasteiger partial charge on any atom is 0.312 e. The van der Waals surface area contributed by atoms with Gasteiger partial charge in [0.05, 0.1) is 25.2 Å². The molecule has 5 rings (SSSR count). The molecule has 6 heteroatoms. The Balaban J connectivity index is 1.58. The minimum absolute atomic E-state index is 0.0186. The van der Waals surface area contributed by atoms with Gasteiger partial charge in [-0.3, -0.25) is 14.4 Å². The molecule has 2 aliphatic carbocycles. The van der Waals surface area contributed by atoms with Crippen molar-refractivity contribution in [2.24, 2.45) is 0 Å². The number of rotatable bonds is 4. The first-order chi connectivity index (χ1) is 15.1. The largest absolute Gasteiger partial charge is 0.493 e. The zero-order valence-electron chi connectivity index (χ0n) is 17.2. The number of carbonyl (C=O) groups excluding carboxylic acids is 3. The molecule has 0 aromatic heterocycles. The lowest BCUT2D eigenvalue weighted by molar-refractivity contribution is -0.140. The number of carbonyl (C=O) groups is 3. The third kappa shape index (κ3) is 3.32. The summed E-state index contributed by atoms with van der Waals surface area (Å²) in [5.74, 6) is -0.797. The number of methoxy groups -OCH3 is 1. The van der Waals surface area contributed by atoms with Gasteiger partial charge in [0.2, 0.25) is 5.78 Å². The number of hydrogen-bond donors (Lipinski definition) is 0. The Morgan fingerprint density at radius 2 is 1.61 bits per heavy atom. The highest BCUT2D eigenvalue weighted by molar-refractivity contribution is 6.27. The second-order valence-electron chi connectivity index (χ2n) is 8.11. The van der Waals surface area contributed by atoms with Gasteiger partial charge in [-0.1, -0.05) is 30.3 Å². The number of ketones is 2. The summed E-state index contributed by atoms with van der Waals surface area (Å²) >= 11 is 0. The highest BCUT2D eigenvalue weighted by Gasteiger charge is 2.43. The molecule has 0 N–H and O–H groups in total. The van der Waals surface area contributed by atoms with E-state index in [0.717, 1.165) is 31.2 Å². The number of esters is 1. The Kier molecular flexibility index (Phi) is 4.85. The molecule has 1 atom stereocenters. The van der Waals surface area contributed by atoms with Gasteiger partial charge in [-0.25, -0.2) is 0 Å². The molecular formula is C25H22O6. The standard InChI is InChI=1S/C25H22O6/c1-29-19-11-10-14(12-20(19)30-15-6-2-3-7-15)18-13-21(26)31-25-22(18)23(27)16-8-4-5-9-17(16)24(25)28/h4-5,8-12,15,18H,2-3,6-7,13H2,1H3/t18-/m1/s1. The lowest BCUT2D eigenvalue weighted by atomic mass is 9.77. The number of fused-ring (bicyclic) bond motifs is 1. The summed E-state index contributed by atoms with van der Waals surface area (Å²) in [7, 11) is 1.58. The van der Waals surface area contributed by atoms with E-state index in [2.05, 4.69) is 0 Å². The van der Waals surface area contributed by atoms with Crippen LogP contribution in [0.1, 0.15) is 64.3 Å². The summed E-state index contributed by atoms with van der Waals surface area (Å²) in [4.78, 5) is 38.7. The van der Waals surface area contributed by atoms with Gasteiger partial charge in [0, 0.05) is 17.0 Å². The molecule has 2 aromatic carbocycles. The van der Waals surface area contributed by atoms with Crippen molar-refractivity contribution >= 4 is 17.5 Å². The van der Waals surface area contributed by atoms with Crippen LogP contribution in [0.15, 0.2) is 53.8 Å². The van der Waals surface area contributed by atoms with Crippen LogP contribution in [-0.4, -0.2) is 30.7 Å². The minimum Gasteiger partial charge on any atom is -0.493 e. The molecule has 0 spiro atoms. The Morgan fingerprint density at radius 1 is 0.903 bits per heavy atom. The maximum absolute atomic E-state index is 13.3. The molecule has 0 radical (unpaired) electrons. The zero-order valence-corrected chi connectivity index (χ0v) is 17.2. The van der Waals surface area contributed by atoms with Crippen LogP contribution in [-0.2, 0) is 9.53 Å². The fraction of sp³-hybridized carbons (Fsp3) is 0.320. The Bertz CT molecular complexity index is 1120. The smallest absolute Gasteiger partial charge is 0.312 e. The van der Waals surface area contributed by atoms with Crippen LogP contribution in [0.25, 0.3) is 0 Å². The van der Waals surface area contributed by atoms with Crippen molar-refractivity contribution in [2.45, 2.75) is 44.1 Å². The first kappa shape index (κ1) is 19.5. The van der Waals surface area contributed by atoms with Crippen molar-refractivity contribution < 1.29 is 28.6 Å². The van der Waals surface area contributed by atoms with Gasteiger partial charge >= 0.3 is 5.97 Å². The van der Waals surface area contributed by atoms with E-state index >= 15 is 0 Å². The first-order valence-corrected chi connectivity index (χ1v) is 10.5. The Hall–Kier alpha value is -3.41. The summed E-state index contributed by atoms with van der Waals surface area (Å²) in [6.07, 6.45) is 4.35. The summed E-state index contributed by atoms with van der Waals surface area (Å²) in [6.45, 7) is 0. The van der Waals surface area contributed by atoms with E-state index in [1.807, 2.05) is 12.1 Å². The number of allylic oxidation sites excluding steroid dienone is 2. The molecule has 0 bridgehead atoms. The fourth-order valence-electron chi connectivity index (χ4n) is 4.69. The van der Waals surface area contributed by atoms with Gasteiger partial charge in [0.25, 0.3) is 0 Å². The quantitative estimate of drug-likeness (QED) is 0.686. The van der Waals surface area contributed by atoms with Gasteiger partial charge < -0.3 is 14.2 Å². The third-order valence-electron chi connectivity index (χ3n) is 6.23. The van der Waals surface area contributed by atoms with Crippen molar-refractivity contribution in [3.8, 4) is 11.5 Å². The number of hydrogen-bond acceptors (Lipinski definition) is 6. The average molecular weight is 418 g/mol. The molecule has 31 heavy (non-hydrogen) atoms. The lowest BCUT2D eigenvalue weighted by Crippen LogP contribution is -2.32. The van der Waals surface area contributed by atoms with Gasteiger partial charge in [-0.2, -0.15) is 0 Å². The van der Waals surface area contributed by atoms with Crippen molar-refractivity contribution in [3.05, 3.63) is 70.5 Å². The van der Waals surface area contributed by atoms with E-state index in [1.165, 1.54) is 0 Å². The van der Waals surface area contributed by atoms with Crippen LogP contribution in [0.2, 0.25) is 0 Å². The van der Waals surface area contributed by atoms with Crippen LogP contribution < -0.4 is 9.47 Å². The molecule has 6 nitrogen and oxygen atoms in total. The summed E-state index contributed by atoms with van der Waals surface area (Å²) in [5.41, 5.74) is 1.56. The zero-order chi connectivity index (χ0) is 21.5. The maximum atomic E-state index is 13.3. The molecule has 0 saturated heterocycles. The highest BCUT2D eigenvalue weighted by Crippen LogP contribution is 2.43. The molecule has 1 heterocycles. The van der Waals surface area contributed by atoms with E-state index in [0.29, 0.717) is 17.1 Å². The van der Waals surface area contributed by atoms with Crippen molar-refractivity contribution in [1.82, 2.24) is 0 Å². The van der Waals surface area contributed by atoms with Gasteiger partial charge in [-0.05, 0) is 43.4 Å². The summed E-state index contributed by atoms with van der Waals surface area (Å²) in [6, 6.07) is 12.0. The first-order valence-electron chi connectivity index (χ1n) is 10.5. The second kappa shape index (κ2) is 7.69. The van der Waals surface area contributed by atoms with E-state index < -0.39 is 17.7 Å². The lowest BCUT2D eigenvalue weighted by Gasteiger charge is -2.30. The summed E-state index contributed by atoms with van der Waals surface area (Å²) < 4.78 is 16.9. The molecule has 0 unspecified atom stereocenters. The SMILES string of the molecule is COc1ccc([C@H]2CC(=O)OC3=C2C(=O)c2ccccc2C3=O)cc1OC1CCCC1. The van der Waals surface area contributed by atoms with E-state index in [-0.39, 0.29) is 35.2 Å². The molecule has 0 amide bonds. The molecule has 3 aliphatic rings. The van der Waals surface area contributed by atoms with Crippen molar-refractivity contribution in [1.29, 1.82) is 0 Å². The molecule has 1 fully saturated rings. The van der Waals surface area contributed by atoms with E-state index in [1.54, 1.807) is 37.4 Å². The molecule has 1 saturated carbocycles. The average Bonchev–Trinajstić information content (AvgIpc) is 3.30. The van der Waals surface area contributed by atoms with Crippen molar-refractivity contribution in [3.63, 3.8) is 0 Å². The number of ether oxygens (including phenoxy) is 3. The van der Waals surface area contributed by atoms with Gasteiger partial charge in [0.1, 0.15) is 0 Å². The van der Waals surface area contributed by atoms with E-state index in [4.69, 9.17) is 14.2 Å². The van der Waals surface area contributed by atoms with Gasteiger partial charge in [-0.15, -0.1) is 0 Å². The van der Waals surface area contributed by atoms with Crippen LogP contribution in [0, 0.1) is 0 Å². The molecule has 1 aliphatic heterocycles. The number of benzene rings is 2. The highest BCUT2D eigenvalue weighted by atomic mass is 16.5. The monoisotopic (exact) mass is 418 g/mol. The van der Waals surface area contributed by atoms with Gasteiger partial charge in [0.15, 0.2) is 23.0 Å². The summed E-state index contributed by atoms with van der Waals surface area (Å²) in [5, 5.41) is 0. The van der Waals surface area contributed by atoms with Crippen LogP contribution >= 0.6 is 0 Å². The predicted molar refractivity (Wildman–Crippen MR) is 111 cm³/mol. The normalized spacial score (nSPS) is 20.9.